The summed E-state index contributed by atoms with van der Waals surface area (Å²) in [5, 5.41) is 24.4. The van der Waals surface area contributed by atoms with Gasteiger partial charge in [0.1, 0.15) is 6.07 Å². The first-order valence-electron chi connectivity index (χ1n) is 13.6. The van der Waals surface area contributed by atoms with Gasteiger partial charge < -0.3 is 0 Å². The van der Waals surface area contributed by atoms with Crippen LogP contribution in [0.4, 0.5) is 0 Å². The lowest BCUT2D eigenvalue weighted by molar-refractivity contribution is 1.48. The van der Waals surface area contributed by atoms with Crippen LogP contribution in [0.25, 0.3) is 73.7 Å². The fraction of sp³-hybridized carbons (Fsp3) is 0. The van der Waals surface area contributed by atoms with E-state index in [1.807, 2.05) is 47.7 Å². The lowest BCUT2D eigenvalue weighted by Crippen LogP contribution is -1.89. The molecular weight excluding hydrogens is 549 g/mol. The molecule has 0 saturated heterocycles. The first-order valence-corrected chi connectivity index (χ1v) is 15.3. The van der Waals surface area contributed by atoms with Crippen LogP contribution in [0.1, 0.15) is 11.1 Å². The monoisotopic (exact) mass is 568 g/mol. The van der Waals surface area contributed by atoms with Gasteiger partial charge in [-0.15, -0.1) is 22.7 Å². The van der Waals surface area contributed by atoms with Crippen molar-refractivity contribution in [1.82, 2.24) is 0 Å². The molecular formula is C38H20N2S2. The molecule has 8 rings (SSSR count). The summed E-state index contributed by atoms with van der Waals surface area (Å²) in [6, 6.07) is 47.0. The van der Waals surface area contributed by atoms with Crippen molar-refractivity contribution in [2.24, 2.45) is 0 Å². The van der Waals surface area contributed by atoms with Crippen molar-refractivity contribution in [2.45, 2.75) is 0 Å². The van der Waals surface area contributed by atoms with E-state index in [0.717, 1.165) is 53.6 Å². The average molecular weight is 569 g/mol. The third-order valence-corrected chi connectivity index (χ3v) is 10.3. The Morgan fingerprint density at radius 2 is 0.976 bits per heavy atom. The lowest BCUT2D eigenvalue weighted by atomic mass is 9.91. The number of rotatable bonds is 3. The van der Waals surface area contributed by atoms with Gasteiger partial charge in [-0.1, -0.05) is 60.7 Å². The maximum Gasteiger partial charge on any atom is 0.101 e. The van der Waals surface area contributed by atoms with Crippen molar-refractivity contribution in [3.8, 4) is 45.5 Å². The summed E-state index contributed by atoms with van der Waals surface area (Å²) < 4.78 is 4.76. The van der Waals surface area contributed by atoms with E-state index in [2.05, 4.69) is 97.1 Å². The van der Waals surface area contributed by atoms with Gasteiger partial charge in [-0.2, -0.15) is 10.5 Å². The Bertz CT molecular complexity index is 2450. The van der Waals surface area contributed by atoms with Gasteiger partial charge in [0.15, 0.2) is 0 Å². The molecule has 0 aliphatic carbocycles. The van der Waals surface area contributed by atoms with Crippen molar-refractivity contribution in [1.29, 1.82) is 10.5 Å². The second-order valence-electron chi connectivity index (χ2n) is 10.4. The molecule has 0 atom stereocenters. The zero-order valence-corrected chi connectivity index (χ0v) is 23.9. The third kappa shape index (κ3) is 3.90. The van der Waals surface area contributed by atoms with E-state index in [1.165, 1.54) is 20.2 Å². The molecule has 0 aliphatic rings. The zero-order valence-electron chi connectivity index (χ0n) is 22.3. The summed E-state index contributed by atoms with van der Waals surface area (Å²) in [7, 11) is 0. The molecule has 0 bridgehead atoms. The minimum absolute atomic E-state index is 0.656. The molecule has 6 aromatic carbocycles. The van der Waals surface area contributed by atoms with Crippen LogP contribution in [0.15, 0.2) is 121 Å². The lowest BCUT2D eigenvalue weighted by Gasteiger charge is -2.13. The summed E-state index contributed by atoms with van der Waals surface area (Å²) in [6.45, 7) is 0. The van der Waals surface area contributed by atoms with Gasteiger partial charge in [-0.25, -0.2) is 0 Å². The third-order valence-electron chi connectivity index (χ3n) is 7.95. The van der Waals surface area contributed by atoms with Crippen molar-refractivity contribution >= 4 is 63.0 Å². The van der Waals surface area contributed by atoms with Gasteiger partial charge in [0, 0.05) is 35.6 Å². The molecule has 8 aromatic rings. The van der Waals surface area contributed by atoms with E-state index in [0.29, 0.717) is 11.1 Å². The zero-order chi connectivity index (χ0) is 28.2. The minimum Gasteiger partial charge on any atom is -0.192 e. The summed E-state index contributed by atoms with van der Waals surface area (Å²) in [6.07, 6.45) is 0. The van der Waals surface area contributed by atoms with Crippen LogP contribution in [-0.4, -0.2) is 0 Å². The van der Waals surface area contributed by atoms with Gasteiger partial charge in [0.25, 0.3) is 0 Å². The number of thiophene rings is 2. The van der Waals surface area contributed by atoms with Crippen molar-refractivity contribution in [3.63, 3.8) is 0 Å². The predicted octanol–water partition coefficient (Wildman–Crippen LogP) is 11.2. The maximum atomic E-state index is 9.92. The molecule has 0 fully saturated rings. The predicted molar refractivity (Wildman–Crippen MR) is 178 cm³/mol. The van der Waals surface area contributed by atoms with Crippen LogP contribution < -0.4 is 0 Å². The highest BCUT2D eigenvalue weighted by molar-refractivity contribution is 7.26. The molecule has 0 aliphatic heterocycles. The second kappa shape index (κ2) is 9.68. The number of fused-ring (bicyclic) bond motifs is 6. The fourth-order valence-corrected chi connectivity index (χ4v) is 8.15. The standard InChI is InChI=1S/C38H20N2S2/c39-21-25-6-1-2-8-30(25)29-17-27(23-12-14-36-33(19-23)31-9-3-4-11-35(31)41-36)16-28(18-29)24-13-15-37-34(20-24)32-10-5-7-26(22-40)38(32)42-37/h1-20H. The summed E-state index contributed by atoms with van der Waals surface area (Å²) >= 11 is 3.49. The van der Waals surface area contributed by atoms with Crippen molar-refractivity contribution < 1.29 is 0 Å². The summed E-state index contributed by atoms with van der Waals surface area (Å²) in [5.41, 5.74) is 7.74. The van der Waals surface area contributed by atoms with E-state index >= 15 is 0 Å². The van der Waals surface area contributed by atoms with E-state index in [9.17, 15) is 10.5 Å². The number of nitrogens with zero attached hydrogens (tertiary/aromatic N) is 2. The molecule has 0 radical (unpaired) electrons. The highest BCUT2D eigenvalue weighted by Crippen LogP contribution is 2.41. The van der Waals surface area contributed by atoms with Gasteiger partial charge in [-0.3, -0.25) is 0 Å². The smallest absolute Gasteiger partial charge is 0.101 e. The van der Waals surface area contributed by atoms with Crippen molar-refractivity contribution in [2.75, 3.05) is 0 Å². The Morgan fingerprint density at radius 1 is 0.405 bits per heavy atom. The molecule has 0 amide bonds. The Kier molecular flexibility index (Phi) is 5.66. The molecule has 42 heavy (non-hydrogen) atoms. The van der Waals surface area contributed by atoms with E-state index < -0.39 is 0 Å². The Morgan fingerprint density at radius 3 is 1.74 bits per heavy atom. The second-order valence-corrected chi connectivity index (χ2v) is 12.5. The van der Waals surface area contributed by atoms with E-state index in [-0.39, 0.29) is 0 Å². The average Bonchev–Trinajstić information content (AvgIpc) is 3.62. The quantitative estimate of drug-likeness (QED) is 0.213. The molecule has 194 valence electrons. The molecule has 2 heterocycles. The van der Waals surface area contributed by atoms with Crippen LogP contribution in [0.2, 0.25) is 0 Å². The van der Waals surface area contributed by atoms with Gasteiger partial charge in [0.2, 0.25) is 0 Å². The topological polar surface area (TPSA) is 47.6 Å². The molecule has 2 aromatic heterocycles. The maximum absolute atomic E-state index is 9.92. The van der Waals surface area contributed by atoms with Crippen LogP contribution in [0, 0.1) is 22.7 Å². The highest BCUT2D eigenvalue weighted by atomic mass is 32.1. The van der Waals surface area contributed by atoms with Crippen LogP contribution >= 0.6 is 22.7 Å². The van der Waals surface area contributed by atoms with Crippen molar-refractivity contribution in [3.05, 3.63) is 132 Å². The Hall–Kier alpha value is -5.26. The van der Waals surface area contributed by atoms with Gasteiger partial charge in [-0.05, 0) is 94.0 Å². The number of benzene rings is 6. The minimum atomic E-state index is 0.656. The Labute approximate surface area is 250 Å². The van der Waals surface area contributed by atoms with E-state index in [1.54, 1.807) is 11.3 Å². The largest absolute Gasteiger partial charge is 0.192 e. The molecule has 0 saturated carbocycles. The fourth-order valence-electron chi connectivity index (χ4n) is 5.92. The van der Waals surface area contributed by atoms with Crippen LogP contribution in [0.5, 0.6) is 0 Å². The normalized spacial score (nSPS) is 11.3. The molecule has 2 nitrogen and oxygen atoms in total. The molecule has 0 N–H and O–H groups in total. The molecule has 0 unspecified atom stereocenters. The first-order chi connectivity index (χ1) is 20.7. The number of hydrogen-bond acceptors (Lipinski definition) is 4. The summed E-state index contributed by atoms with van der Waals surface area (Å²) in [5.74, 6) is 0. The SMILES string of the molecule is N#Cc1ccccc1-c1cc(-c2ccc3sc4ccccc4c3c2)cc(-c2ccc3sc4c(C#N)cccc4c3c2)c1. The molecule has 0 spiro atoms. The summed E-state index contributed by atoms with van der Waals surface area (Å²) in [4.78, 5) is 0. The van der Waals surface area contributed by atoms with E-state index in [4.69, 9.17) is 0 Å². The Balaban J connectivity index is 1.37. The highest BCUT2D eigenvalue weighted by Gasteiger charge is 2.14. The first kappa shape index (κ1) is 24.5. The van der Waals surface area contributed by atoms with Crippen LogP contribution in [-0.2, 0) is 0 Å². The van der Waals surface area contributed by atoms with Gasteiger partial charge in [0.05, 0.1) is 21.9 Å². The number of hydrogen-bond donors (Lipinski definition) is 0. The molecule has 4 heteroatoms. The number of nitriles is 2. The van der Waals surface area contributed by atoms with Crippen LogP contribution in [0.3, 0.4) is 0 Å². The van der Waals surface area contributed by atoms with Gasteiger partial charge >= 0.3 is 0 Å².